The molecule has 0 aliphatic heterocycles. The van der Waals surface area contributed by atoms with E-state index in [-0.39, 0.29) is 4.90 Å². The summed E-state index contributed by atoms with van der Waals surface area (Å²) in [5.41, 5.74) is -0.383. The number of thioether (sulfide) groups is 1. The number of aromatic hydroxyl groups is 1. The molecule has 2 aromatic carbocycles. The molecule has 29 heavy (non-hydrogen) atoms. The highest BCUT2D eigenvalue weighted by atomic mass is 32.2. The summed E-state index contributed by atoms with van der Waals surface area (Å²) in [4.78, 5) is 28.3. The van der Waals surface area contributed by atoms with Gasteiger partial charge in [-0.05, 0) is 49.9 Å². The second kappa shape index (κ2) is 9.11. The van der Waals surface area contributed by atoms with Crippen LogP contribution in [0.5, 0.6) is 5.88 Å². The summed E-state index contributed by atoms with van der Waals surface area (Å²) in [6, 6.07) is 17.3. The van der Waals surface area contributed by atoms with E-state index in [4.69, 9.17) is 12.2 Å². The van der Waals surface area contributed by atoms with Gasteiger partial charge in [0.1, 0.15) is 9.22 Å². The van der Waals surface area contributed by atoms with Crippen molar-refractivity contribution in [3.05, 3.63) is 81.5 Å². The number of benzene rings is 2. The molecule has 0 fully saturated rings. The van der Waals surface area contributed by atoms with Gasteiger partial charge in [0.15, 0.2) is 0 Å². The van der Waals surface area contributed by atoms with Crippen LogP contribution in [0.15, 0.2) is 75.1 Å². The normalized spacial score (nSPS) is 10.7. The molecule has 0 saturated heterocycles. The Kier molecular flexibility index (Phi) is 6.56. The first-order valence-corrected chi connectivity index (χ1v) is 10.4. The van der Waals surface area contributed by atoms with Gasteiger partial charge in [-0.15, -0.1) is 0 Å². The van der Waals surface area contributed by atoms with E-state index in [0.717, 1.165) is 20.9 Å². The lowest BCUT2D eigenvalue weighted by atomic mass is 10.3. The molecule has 0 saturated carbocycles. The van der Waals surface area contributed by atoms with Gasteiger partial charge in [0.05, 0.1) is 11.4 Å². The van der Waals surface area contributed by atoms with Crippen LogP contribution in [-0.4, -0.2) is 36.6 Å². The molecule has 1 heterocycles. The molecular formula is C21H21N3O3S2. The third kappa shape index (κ3) is 4.13. The molecular weight excluding hydrogens is 406 g/mol. The van der Waals surface area contributed by atoms with E-state index in [1.807, 2.05) is 24.8 Å². The van der Waals surface area contributed by atoms with Gasteiger partial charge in [0.25, 0.3) is 5.56 Å². The number of nitrogens with zero attached hydrogens (tertiary/aromatic N) is 3. The lowest BCUT2D eigenvalue weighted by Crippen LogP contribution is -2.39. The van der Waals surface area contributed by atoms with E-state index in [1.54, 1.807) is 54.6 Å². The Morgan fingerprint density at radius 1 is 0.931 bits per heavy atom. The lowest BCUT2D eigenvalue weighted by Gasteiger charge is -2.22. The smallest absolute Gasteiger partial charge is 0.343 e. The zero-order valence-electron chi connectivity index (χ0n) is 16.1. The molecule has 0 radical (unpaired) electrons. The summed E-state index contributed by atoms with van der Waals surface area (Å²) in [5.74, 6) is -0.419. The maximum absolute atomic E-state index is 13.2. The summed E-state index contributed by atoms with van der Waals surface area (Å²) < 4.78 is 2.64. The van der Waals surface area contributed by atoms with E-state index < -0.39 is 17.1 Å². The van der Waals surface area contributed by atoms with Gasteiger partial charge >= 0.3 is 5.69 Å². The van der Waals surface area contributed by atoms with Crippen LogP contribution >= 0.6 is 24.0 Å². The topological polar surface area (TPSA) is 67.5 Å². The highest BCUT2D eigenvalue weighted by molar-refractivity contribution is 8.23. The van der Waals surface area contributed by atoms with Crippen molar-refractivity contribution in [2.75, 3.05) is 13.1 Å². The Labute approximate surface area is 178 Å². The monoisotopic (exact) mass is 427 g/mol. The minimum atomic E-state index is -0.650. The molecule has 150 valence electrons. The Bertz CT molecular complexity index is 1120. The van der Waals surface area contributed by atoms with Gasteiger partial charge in [-0.3, -0.25) is 4.79 Å². The van der Waals surface area contributed by atoms with E-state index in [2.05, 4.69) is 0 Å². The molecule has 0 aliphatic carbocycles. The van der Waals surface area contributed by atoms with Crippen LogP contribution in [0.1, 0.15) is 13.8 Å². The highest BCUT2D eigenvalue weighted by Gasteiger charge is 2.23. The second-order valence-corrected chi connectivity index (χ2v) is 7.77. The Morgan fingerprint density at radius 3 is 1.90 bits per heavy atom. The van der Waals surface area contributed by atoms with Crippen molar-refractivity contribution in [2.45, 2.75) is 18.7 Å². The summed E-state index contributed by atoms with van der Waals surface area (Å²) in [6.07, 6.45) is 0. The van der Waals surface area contributed by atoms with Gasteiger partial charge in [-0.1, -0.05) is 48.6 Å². The standard InChI is InChI=1S/C21H21N3O3S2/c1-3-22(4-2)21(28)29-17-18(25)23(15-11-7-5-8-12-15)20(27)24(19(17)26)16-13-9-6-10-14-16/h5-14,25H,3-4H2,1-2H3. The first kappa shape index (κ1) is 20.9. The number of hydrogen-bond acceptors (Lipinski definition) is 5. The van der Waals surface area contributed by atoms with Crippen molar-refractivity contribution in [1.82, 2.24) is 14.0 Å². The van der Waals surface area contributed by atoms with Crippen molar-refractivity contribution in [3.8, 4) is 17.3 Å². The van der Waals surface area contributed by atoms with Gasteiger partial charge in [-0.2, -0.15) is 0 Å². The van der Waals surface area contributed by atoms with Crippen molar-refractivity contribution in [2.24, 2.45) is 0 Å². The first-order valence-electron chi connectivity index (χ1n) is 9.18. The van der Waals surface area contributed by atoms with E-state index >= 15 is 0 Å². The lowest BCUT2D eigenvalue weighted by molar-refractivity contribution is 0.411. The van der Waals surface area contributed by atoms with Crippen LogP contribution < -0.4 is 11.2 Å². The SMILES string of the molecule is CCN(CC)C(=S)Sc1c(O)n(-c2ccccc2)c(=O)n(-c2ccccc2)c1=O. The minimum absolute atomic E-state index is 0.00852. The molecule has 3 aromatic rings. The molecule has 0 aliphatic rings. The molecule has 3 rings (SSSR count). The van der Waals surface area contributed by atoms with Gasteiger partial charge in [0.2, 0.25) is 5.88 Å². The van der Waals surface area contributed by atoms with Gasteiger partial charge in [-0.25, -0.2) is 13.9 Å². The first-order chi connectivity index (χ1) is 14.0. The Hall–Kier alpha value is -2.84. The summed E-state index contributed by atoms with van der Waals surface area (Å²) in [6.45, 7) is 5.27. The average molecular weight is 428 g/mol. The fraction of sp³-hybridized carbons (Fsp3) is 0.190. The maximum atomic E-state index is 13.2. The number of thiocarbonyl (C=S) groups is 1. The molecule has 0 amide bonds. The molecule has 0 bridgehead atoms. The Balaban J connectivity index is 2.30. The fourth-order valence-electron chi connectivity index (χ4n) is 2.91. The number of para-hydroxylation sites is 2. The molecule has 6 nitrogen and oxygen atoms in total. The molecule has 8 heteroatoms. The third-order valence-electron chi connectivity index (χ3n) is 4.43. The fourth-order valence-corrected chi connectivity index (χ4v) is 4.34. The summed E-state index contributed by atoms with van der Waals surface area (Å²) >= 11 is 6.46. The molecule has 1 N–H and O–H groups in total. The molecule has 1 aromatic heterocycles. The van der Waals surface area contributed by atoms with E-state index in [1.165, 1.54) is 0 Å². The summed E-state index contributed by atoms with van der Waals surface area (Å²) in [5, 5.41) is 10.9. The van der Waals surface area contributed by atoms with Crippen LogP contribution in [-0.2, 0) is 0 Å². The summed E-state index contributed by atoms with van der Waals surface area (Å²) in [7, 11) is 0. The number of aromatic nitrogens is 2. The molecule has 0 unspecified atom stereocenters. The zero-order chi connectivity index (χ0) is 21.0. The highest BCUT2D eigenvalue weighted by Crippen LogP contribution is 2.28. The predicted molar refractivity (Wildman–Crippen MR) is 121 cm³/mol. The van der Waals surface area contributed by atoms with E-state index in [0.29, 0.717) is 28.8 Å². The molecule has 0 spiro atoms. The van der Waals surface area contributed by atoms with Crippen LogP contribution in [0.2, 0.25) is 0 Å². The van der Waals surface area contributed by atoms with Crippen molar-refractivity contribution in [1.29, 1.82) is 0 Å². The van der Waals surface area contributed by atoms with E-state index in [9.17, 15) is 14.7 Å². The van der Waals surface area contributed by atoms with Crippen LogP contribution in [0.25, 0.3) is 11.4 Å². The third-order valence-corrected chi connectivity index (χ3v) is 5.94. The number of hydrogen-bond donors (Lipinski definition) is 1. The van der Waals surface area contributed by atoms with Gasteiger partial charge in [0, 0.05) is 13.1 Å². The van der Waals surface area contributed by atoms with Crippen molar-refractivity contribution in [3.63, 3.8) is 0 Å². The van der Waals surface area contributed by atoms with Gasteiger partial charge < -0.3 is 10.0 Å². The number of rotatable bonds is 5. The predicted octanol–water partition coefficient (Wildman–Crippen LogP) is 3.41. The van der Waals surface area contributed by atoms with Crippen molar-refractivity contribution >= 4 is 28.3 Å². The second-order valence-electron chi connectivity index (χ2n) is 6.12. The maximum Gasteiger partial charge on any atom is 0.343 e. The largest absolute Gasteiger partial charge is 0.493 e. The average Bonchev–Trinajstić information content (AvgIpc) is 2.74. The molecule has 0 atom stereocenters. The van der Waals surface area contributed by atoms with Crippen LogP contribution in [0, 0.1) is 0 Å². The zero-order valence-corrected chi connectivity index (χ0v) is 17.7. The Morgan fingerprint density at radius 2 is 1.41 bits per heavy atom. The van der Waals surface area contributed by atoms with Crippen LogP contribution in [0.3, 0.4) is 0 Å². The minimum Gasteiger partial charge on any atom is -0.493 e. The van der Waals surface area contributed by atoms with Crippen molar-refractivity contribution < 1.29 is 5.11 Å². The van der Waals surface area contributed by atoms with Crippen LogP contribution in [0.4, 0.5) is 0 Å². The quantitative estimate of drug-likeness (QED) is 0.497.